The van der Waals surface area contributed by atoms with Crippen molar-refractivity contribution in [3.05, 3.63) is 89.0 Å². The zero-order chi connectivity index (χ0) is 27.0. The number of nitrogens with one attached hydrogen (secondary N) is 2. The lowest BCUT2D eigenvalue weighted by atomic mass is 9.98. The van der Waals surface area contributed by atoms with Crippen LogP contribution < -0.4 is 20.3 Å². The molecule has 0 aliphatic carbocycles. The Hall–Kier alpha value is -3.88. The van der Waals surface area contributed by atoms with Crippen LogP contribution in [-0.4, -0.2) is 69.8 Å². The van der Waals surface area contributed by atoms with Crippen molar-refractivity contribution >= 4 is 23.2 Å². The first-order chi connectivity index (χ1) is 19.1. The van der Waals surface area contributed by atoms with Crippen molar-refractivity contribution in [3.8, 4) is 5.75 Å². The molecule has 0 spiro atoms. The Morgan fingerprint density at radius 1 is 0.897 bits per heavy atom. The number of nitrogens with zero attached hydrogens (tertiary/aromatic N) is 2. The second-order valence-electron chi connectivity index (χ2n) is 9.89. The van der Waals surface area contributed by atoms with Crippen molar-refractivity contribution < 1.29 is 19.1 Å². The standard InChI is InChI=1S/C31H36N4O4/c1-38-29-10-5-4-9-26(29)31(37)33-25-11-12-28(35-16-13-23-7-2-3-8-24(23)22-35)27(21-25)30(36)32-14-6-15-34-17-19-39-20-18-34/h2-5,7-12,21H,6,13-20,22H2,1H3,(H,32,36)(H,33,37). The monoisotopic (exact) mass is 528 g/mol. The van der Waals surface area contributed by atoms with Gasteiger partial charge in [0, 0.05) is 44.1 Å². The maximum atomic E-state index is 13.5. The van der Waals surface area contributed by atoms with Gasteiger partial charge in [0.25, 0.3) is 11.8 Å². The Kier molecular flexibility index (Phi) is 8.75. The molecule has 0 aromatic heterocycles. The van der Waals surface area contributed by atoms with E-state index in [0.717, 1.165) is 64.5 Å². The number of carbonyl (C=O) groups is 2. The predicted octanol–water partition coefficient (Wildman–Crippen LogP) is 3.96. The first kappa shape index (κ1) is 26.7. The van der Waals surface area contributed by atoms with Crippen LogP contribution in [0.2, 0.25) is 0 Å². The van der Waals surface area contributed by atoms with Crippen LogP contribution in [0.4, 0.5) is 11.4 Å². The van der Waals surface area contributed by atoms with Crippen molar-refractivity contribution in [1.29, 1.82) is 0 Å². The Balaban J connectivity index is 1.33. The summed E-state index contributed by atoms with van der Waals surface area (Å²) in [6.07, 6.45) is 1.78. The normalized spacial score (nSPS) is 15.4. The van der Waals surface area contributed by atoms with E-state index < -0.39 is 0 Å². The summed E-state index contributed by atoms with van der Waals surface area (Å²) in [4.78, 5) is 31.2. The van der Waals surface area contributed by atoms with Crippen LogP contribution in [0.3, 0.4) is 0 Å². The quantitative estimate of drug-likeness (QED) is 0.409. The van der Waals surface area contributed by atoms with Crippen LogP contribution in [-0.2, 0) is 17.7 Å². The first-order valence-corrected chi connectivity index (χ1v) is 13.6. The molecule has 0 saturated carbocycles. The Morgan fingerprint density at radius 2 is 1.67 bits per heavy atom. The number of ether oxygens (including phenoxy) is 2. The van der Waals surface area contributed by atoms with Crippen LogP contribution in [0, 0.1) is 0 Å². The molecule has 2 aliphatic rings. The Morgan fingerprint density at radius 3 is 2.49 bits per heavy atom. The molecular formula is C31H36N4O4. The number of hydrogen-bond donors (Lipinski definition) is 2. The van der Waals surface area contributed by atoms with Gasteiger partial charge in [-0.3, -0.25) is 14.5 Å². The molecule has 3 aromatic carbocycles. The van der Waals surface area contributed by atoms with Crippen LogP contribution in [0.5, 0.6) is 5.75 Å². The van der Waals surface area contributed by atoms with Crippen LogP contribution in [0.15, 0.2) is 66.7 Å². The van der Waals surface area contributed by atoms with Crippen LogP contribution in [0.1, 0.15) is 38.3 Å². The van der Waals surface area contributed by atoms with E-state index in [1.165, 1.54) is 11.1 Å². The summed E-state index contributed by atoms with van der Waals surface area (Å²) in [7, 11) is 1.54. The highest BCUT2D eigenvalue weighted by molar-refractivity contribution is 6.07. The average molecular weight is 529 g/mol. The number of fused-ring (bicyclic) bond motifs is 1. The van der Waals surface area contributed by atoms with Gasteiger partial charge in [0.1, 0.15) is 5.75 Å². The number of carbonyl (C=O) groups excluding carboxylic acids is 2. The largest absolute Gasteiger partial charge is 0.496 e. The lowest BCUT2D eigenvalue weighted by molar-refractivity contribution is 0.0374. The van der Waals surface area contributed by atoms with Gasteiger partial charge in [0.05, 0.1) is 31.5 Å². The van der Waals surface area contributed by atoms with Crippen LogP contribution >= 0.6 is 0 Å². The third-order valence-electron chi connectivity index (χ3n) is 7.36. The third-order valence-corrected chi connectivity index (χ3v) is 7.36. The van der Waals surface area contributed by atoms with Gasteiger partial charge in [-0.1, -0.05) is 36.4 Å². The van der Waals surface area contributed by atoms with E-state index in [-0.39, 0.29) is 11.8 Å². The van der Waals surface area contributed by atoms with Gasteiger partial charge < -0.3 is 25.0 Å². The second kappa shape index (κ2) is 12.8. The van der Waals surface area contributed by atoms with Gasteiger partial charge >= 0.3 is 0 Å². The van der Waals surface area contributed by atoms with E-state index in [1.807, 2.05) is 18.2 Å². The summed E-state index contributed by atoms with van der Waals surface area (Å²) in [5, 5.41) is 6.06. The summed E-state index contributed by atoms with van der Waals surface area (Å²) in [6.45, 7) is 6.46. The molecule has 2 heterocycles. The van der Waals surface area contributed by atoms with Gasteiger partial charge in [-0.15, -0.1) is 0 Å². The molecule has 8 heteroatoms. The molecule has 2 aliphatic heterocycles. The highest BCUT2D eigenvalue weighted by Crippen LogP contribution is 2.30. The fourth-order valence-electron chi connectivity index (χ4n) is 5.23. The molecule has 1 saturated heterocycles. The molecule has 0 atom stereocenters. The topological polar surface area (TPSA) is 83.1 Å². The van der Waals surface area contributed by atoms with Crippen molar-refractivity contribution in [1.82, 2.24) is 10.2 Å². The number of anilines is 2. The molecular weight excluding hydrogens is 492 g/mol. The number of morpholine rings is 1. The van der Waals surface area contributed by atoms with Crippen molar-refractivity contribution in [2.45, 2.75) is 19.4 Å². The van der Waals surface area contributed by atoms with E-state index in [1.54, 1.807) is 31.4 Å². The minimum atomic E-state index is -0.288. The highest BCUT2D eigenvalue weighted by Gasteiger charge is 2.22. The van der Waals surface area contributed by atoms with Gasteiger partial charge in [-0.25, -0.2) is 0 Å². The minimum absolute atomic E-state index is 0.140. The molecule has 2 amide bonds. The number of benzene rings is 3. The zero-order valence-corrected chi connectivity index (χ0v) is 22.4. The lowest BCUT2D eigenvalue weighted by Gasteiger charge is -2.32. The Bertz CT molecular complexity index is 1310. The molecule has 39 heavy (non-hydrogen) atoms. The molecule has 2 N–H and O–H groups in total. The van der Waals surface area contributed by atoms with E-state index in [2.05, 4.69) is 44.7 Å². The van der Waals surface area contributed by atoms with Gasteiger partial charge in [0.15, 0.2) is 0 Å². The first-order valence-electron chi connectivity index (χ1n) is 13.6. The third kappa shape index (κ3) is 6.58. The SMILES string of the molecule is COc1ccccc1C(=O)Nc1ccc(N2CCc3ccccc3C2)c(C(=O)NCCCN2CCOCC2)c1. The van der Waals surface area contributed by atoms with Crippen LogP contribution in [0.25, 0.3) is 0 Å². The van der Waals surface area contributed by atoms with Gasteiger partial charge in [-0.05, 0) is 60.8 Å². The predicted molar refractivity (Wildman–Crippen MR) is 153 cm³/mol. The molecule has 8 nitrogen and oxygen atoms in total. The maximum absolute atomic E-state index is 13.5. The maximum Gasteiger partial charge on any atom is 0.259 e. The summed E-state index contributed by atoms with van der Waals surface area (Å²) in [5.41, 5.74) is 5.04. The van der Waals surface area contributed by atoms with E-state index in [0.29, 0.717) is 29.1 Å². The lowest BCUT2D eigenvalue weighted by Crippen LogP contribution is -2.38. The Labute approximate surface area is 229 Å². The average Bonchev–Trinajstić information content (AvgIpc) is 2.99. The molecule has 0 radical (unpaired) electrons. The number of hydrogen-bond acceptors (Lipinski definition) is 6. The molecule has 0 bridgehead atoms. The van der Waals surface area contributed by atoms with Crippen molar-refractivity contribution in [2.75, 3.05) is 63.3 Å². The smallest absolute Gasteiger partial charge is 0.259 e. The second-order valence-corrected chi connectivity index (χ2v) is 9.89. The number of rotatable bonds is 9. The molecule has 3 aromatic rings. The summed E-state index contributed by atoms with van der Waals surface area (Å²) in [6, 6.07) is 21.1. The van der Waals surface area contributed by atoms with Gasteiger partial charge in [0.2, 0.25) is 0 Å². The molecule has 204 valence electrons. The summed E-state index contributed by atoms with van der Waals surface area (Å²) in [5.74, 6) is 0.0695. The van der Waals surface area contributed by atoms with E-state index in [4.69, 9.17) is 9.47 Å². The van der Waals surface area contributed by atoms with Crippen molar-refractivity contribution in [2.24, 2.45) is 0 Å². The molecule has 1 fully saturated rings. The number of amides is 2. The summed E-state index contributed by atoms with van der Waals surface area (Å²) < 4.78 is 10.8. The van der Waals surface area contributed by atoms with E-state index >= 15 is 0 Å². The fourth-order valence-corrected chi connectivity index (χ4v) is 5.23. The zero-order valence-electron chi connectivity index (χ0n) is 22.4. The molecule has 5 rings (SSSR count). The molecule has 0 unspecified atom stereocenters. The fraction of sp³-hybridized carbons (Fsp3) is 0.355. The minimum Gasteiger partial charge on any atom is -0.496 e. The number of methoxy groups -OCH3 is 1. The highest BCUT2D eigenvalue weighted by atomic mass is 16.5. The summed E-state index contributed by atoms with van der Waals surface area (Å²) >= 11 is 0. The van der Waals surface area contributed by atoms with Crippen molar-refractivity contribution in [3.63, 3.8) is 0 Å². The van der Waals surface area contributed by atoms with Gasteiger partial charge in [-0.2, -0.15) is 0 Å². The number of para-hydroxylation sites is 1. The van der Waals surface area contributed by atoms with E-state index in [9.17, 15) is 9.59 Å².